The summed E-state index contributed by atoms with van der Waals surface area (Å²) in [6.45, 7) is 7.70. The van der Waals surface area contributed by atoms with Gasteiger partial charge in [0.2, 0.25) is 5.91 Å². The Hall–Kier alpha value is -1.39. The molecule has 0 spiro atoms. The summed E-state index contributed by atoms with van der Waals surface area (Å²) in [5.74, 6) is 0.0288. The van der Waals surface area contributed by atoms with E-state index in [1.54, 1.807) is 7.11 Å². The van der Waals surface area contributed by atoms with Gasteiger partial charge in [-0.1, -0.05) is 31.2 Å². The first-order valence-corrected chi connectivity index (χ1v) is 7.06. The van der Waals surface area contributed by atoms with Crippen LogP contribution in [0.4, 0.5) is 0 Å². The van der Waals surface area contributed by atoms with Crippen molar-refractivity contribution in [1.29, 1.82) is 0 Å². The number of hydrogen-bond donors (Lipinski definition) is 2. The topological polar surface area (TPSA) is 50.4 Å². The van der Waals surface area contributed by atoms with Crippen molar-refractivity contribution in [1.82, 2.24) is 10.6 Å². The monoisotopic (exact) mass is 278 g/mol. The molecule has 1 aromatic carbocycles. The Kier molecular flexibility index (Phi) is 6.68. The number of benzene rings is 1. The van der Waals surface area contributed by atoms with Gasteiger partial charge in [-0.2, -0.15) is 0 Å². The van der Waals surface area contributed by atoms with Crippen LogP contribution >= 0.6 is 0 Å². The van der Waals surface area contributed by atoms with Crippen molar-refractivity contribution < 1.29 is 9.53 Å². The van der Waals surface area contributed by atoms with Crippen LogP contribution in [0.25, 0.3) is 0 Å². The number of amides is 1. The number of carbonyl (C=O) groups excluding carboxylic acids is 1. The molecule has 2 N–H and O–H groups in total. The molecule has 112 valence electrons. The van der Waals surface area contributed by atoms with E-state index in [2.05, 4.69) is 23.6 Å². The molecule has 0 radical (unpaired) electrons. The van der Waals surface area contributed by atoms with Crippen LogP contribution in [0.5, 0.6) is 0 Å². The summed E-state index contributed by atoms with van der Waals surface area (Å²) in [7, 11) is 1.69. The molecule has 0 aliphatic carbocycles. The maximum Gasteiger partial charge on any atom is 0.234 e. The first kappa shape index (κ1) is 16.7. The second-order valence-corrected chi connectivity index (χ2v) is 5.59. The first-order valence-electron chi connectivity index (χ1n) is 7.06. The van der Waals surface area contributed by atoms with Gasteiger partial charge in [0.1, 0.15) is 0 Å². The molecule has 0 aromatic heterocycles. The van der Waals surface area contributed by atoms with Crippen LogP contribution in [0.3, 0.4) is 0 Å². The van der Waals surface area contributed by atoms with Gasteiger partial charge in [0.05, 0.1) is 13.2 Å². The molecular formula is C16H26N2O2. The number of nitrogens with one attached hydrogen (secondary N) is 2. The molecule has 1 amide bonds. The van der Waals surface area contributed by atoms with E-state index in [1.807, 2.05) is 32.0 Å². The minimum absolute atomic E-state index is 0.0288. The Morgan fingerprint density at radius 1 is 1.25 bits per heavy atom. The minimum Gasteiger partial charge on any atom is -0.380 e. The van der Waals surface area contributed by atoms with Crippen LogP contribution in [0.15, 0.2) is 24.3 Å². The molecule has 0 bridgehead atoms. The smallest absolute Gasteiger partial charge is 0.234 e. The van der Waals surface area contributed by atoms with Crippen molar-refractivity contribution in [3.63, 3.8) is 0 Å². The average Bonchev–Trinajstić information content (AvgIpc) is 2.40. The van der Waals surface area contributed by atoms with Crippen LogP contribution in [0.2, 0.25) is 0 Å². The van der Waals surface area contributed by atoms with Crippen molar-refractivity contribution in [2.24, 2.45) is 0 Å². The van der Waals surface area contributed by atoms with E-state index in [0.29, 0.717) is 19.7 Å². The van der Waals surface area contributed by atoms with Crippen LogP contribution in [0, 0.1) is 0 Å². The minimum atomic E-state index is -0.146. The van der Waals surface area contributed by atoms with Crippen molar-refractivity contribution in [3.8, 4) is 0 Å². The maximum atomic E-state index is 11.8. The Bertz CT molecular complexity index is 430. The van der Waals surface area contributed by atoms with E-state index in [1.165, 1.54) is 0 Å². The van der Waals surface area contributed by atoms with Gasteiger partial charge < -0.3 is 15.4 Å². The van der Waals surface area contributed by atoms with Gasteiger partial charge >= 0.3 is 0 Å². The zero-order valence-corrected chi connectivity index (χ0v) is 13.0. The molecule has 4 heteroatoms. The van der Waals surface area contributed by atoms with Crippen LogP contribution < -0.4 is 10.6 Å². The highest BCUT2D eigenvalue weighted by Crippen LogP contribution is 2.09. The van der Waals surface area contributed by atoms with Crippen LogP contribution in [-0.2, 0) is 22.7 Å². The molecule has 0 atom stereocenters. The molecule has 0 aliphatic heterocycles. The zero-order valence-electron chi connectivity index (χ0n) is 13.0. The summed E-state index contributed by atoms with van der Waals surface area (Å²) in [4.78, 5) is 11.8. The summed E-state index contributed by atoms with van der Waals surface area (Å²) >= 11 is 0. The van der Waals surface area contributed by atoms with Gasteiger partial charge in [0.25, 0.3) is 0 Å². The molecule has 0 fully saturated rings. The van der Waals surface area contributed by atoms with Crippen molar-refractivity contribution in [3.05, 3.63) is 35.4 Å². The highest BCUT2D eigenvalue weighted by molar-refractivity contribution is 5.78. The summed E-state index contributed by atoms with van der Waals surface area (Å²) < 4.78 is 5.17. The molecule has 20 heavy (non-hydrogen) atoms. The lowest BCUT2D eigenvalue weighted by Crippen LogP contribution is -2.46. The van der Waals surface area contributed by atoms with Gasteiger partial charge in [-0.05, 0) is 31.4 Å². The predicted molar refractivity (Wildman–Crippen MR) is 81.4 cm³/mol. The molecule has 4 nitrogen and oxygen atoms in total. The lowest BCUT2D eigenvalue weighted by atomic mass is 10.0. The average molecular weight is 278 g/mol. The largest absolute Gasteiger partial charge is 0.380 e. The van der Waals surface area contributed by atoms with Gasteiger partial charge in [0, 0.05) is 19.2 Å². The summed E-state index contributed by atoms with van der Waals surface area (Å²) in [6.07, 6.45) is 0.912. The van der Waals surface area contributed by atoms with Gasteiger partial charge in [-0.25, -0.2) is 0 Å². The predicted octanol–water partition coefficient (Wildman–Crippen LogP) is 2.23. The Labute approximate surface area is 121 Å². The van der Waals surface area contributed by atoms with Crippen LogP contribution in [-0.4, -0.2) is 25.1 Å². The Morgan fingerprint density at radius 3 is 2.50 bits per heavy atom. The maximum absolute atomic E-state index is 11.8. The second-order valence-electron chi connectivity index (χ2n) is 5.59. The van der Waals surface area contributed by atoms with E-state index in [4.69, 9.17) is 4.74 Å². The quantitative estimate of drug-likeness (QED) is 0.766. The highest BCUT2D eigenvalue weighted by Gasteiger charge is 2.17. The SMILES string of the molecule is CCC(C)(C)NC(=O)CNCc1ccccc1COC. The molecular weight excluding hydrogens is 252 g/mol. The summed E-state index contributed by atoms with van der Waals surface area (Å²) in [5.41, 5.74) is 2.17. The van der Waals surface area contributed by atoms with Gasteiger partial charge in [-0.3, -0.25) is 4.79 Å². The standard InChI is InChI=1S/C16H26N2O2/c1-5-16(2,3)18-15(19)11-17-10-13-8-6-7-9-14(13)12-20-4/h6-9,17H,5,10-12H2,1-4H3,(H,18,19). The van der Waals surface area contributed by atoms with Crippen molar-refractivity contribution in [2.45, 2.75) is 45.9 Å². The molecule has 0 saturated carbocycles. The molecule has 1 aromatic rings. The molecule has 0 unspecified atom stereocenters. The third-order valence-electron chi connectivity index (χ3n) is 3.38. The van der Waals surface area contributed by atoms with Gasteiger partial charge in [0.15, 0.2) is 0 Å². The fourth-order valence-electron chi connectivity index (χ4n) is 1.85. The number of rotatable bonds is 8. The van der Waals surface area contributed by atoms with E-state index >= 15 is 0 Å². The van der Waals surface area contributed by atoms with E-state index in [0.717, 1.165) is 17.5 Å². The lowest BCUT2D eigenvalue weighted by molar-refractivity contribution is -0.121. The van der Waals surface area contributed by atoms with Gasteiger partial charge in [-0.15, -0.1) is 0 Å². The first-order chi connectivity index (χ1) is 9.48. The lowest BCUT2D eigenvalue weighted by Gasteiger charge is -2.24. The fraction of sp³-hybridized carbons (Fsp3) is 0.562. The zero-order chi connectivity index (χ0) is 15.0. The van der Waals surface area contributed by atoms with E-state index in [-0.39, 0.29) is 11.4 Å². The second kappa shape index (κ2) is 8.02. The number of hydrogen-bond acceptors (Lipinski definition) is 3. The van der Waals surface area contributed by atoms with Crippen LogP contribution in [0.1, 0.15) is 38.3 Å². The van der Waals surface area contributed by atoms with E-state index in [9.17, 15) is 4.79 Å². The normalized spacial score (nSPS) is 11.4. The molecule has 0 heterocycles. The van der Waals surface area contributed by atoms with Crippen molar-refractivity contribution in [2.75, 3.05) is 13.7 Å². The summed E-state index contributed by atoms with van der Waals surface area (Å²) in [5, 5.41) is 6.19. The molecule has 1 rings (SSSR count). The number of methoxy groups -OCH3 is 1. The molecule has 0 saturated heterocycles. The number of carbonyl (C=O) groups is 1. The van der Waals surface area contributed by atoms with Crippen molar-refractivity contribution >= 4 is 5.91 Å². The summed E-state index contributed by atoms with van der Waals surface area (Å²) in [6, 6.07) is 8.08. The fourth-order valence-corrected chi connectivity index (χ4v) is 1.85. The third kappa shape index (κ3) is 5.72. The molecule has 0 aliphatic rings. The third-order valence-corrected chi connectivity index (χ3v) is 3.38. The Balaban J connectivity index is 2.43. The Morgan fingerprint density at radius 2 is 1.90 bits per heavy atom. The number of ether oxygens (including phenoxy) is 1. The highest BCUT2D eigenvalue weighted by atomic mass is 16.5. The van der Waals surface area contributed by atoms with E-state index < -0.39 is 0 Å².